The van der Waals surface area contributed by atoms with Crippen molar-refractivity contribution in [2.45, 2.75) is 6.92 Å². The van der Waals surface area contributed by atoms with Gasteiger partial charge >= 0.3 is 11.9 Å². The topological polar surface area (TPSA) is 83.8 Å². The van der Waals surface area contributed by atoms with Gasteiger partial charge in [-0.25, -0.2) is 9.59 Å². The summed E-state index contributed by atoms with van der Waals surface area (Å²) in [7, 11) is 0. The normalized spacial score (nSPS) is 9.61. The Hall–Kier alpha value is -2.56. The summed E-state index contributed by atoms with van der Waals surface area (Å²) in [6.07, 6.45) is 0. The van der Waals surface area contributed by atoms with Gasteiger partial charge in [0.2, 0.25) is 0 Å². The van der Waals surface area contributed by atoms with Gasteiger partial charge in [-0.3, -0.25) is 0 Å². The quantitative estimate of drug-likeness (QED) is 0.483. The molecule has 1 aromatic rings. The molecule has 5 nitrogen and oxygen atoms in total. The van der Waals surface area contributed by atoms with E-state index in [-0.39, 0.29) is 28.2 Å². The number of carbonyl (C=O) groups excluding carboxylic acids is 1. The molecule has 1 rings (SSSR count). The first kappa shape index (κ1) is 13.5. The number of hydrogen-bond donors (Lipinski definition) is 2. The number of phenols is 1. The molecule has 18 heavy (non-hydrogen) atoms. The lowest BCUT2D eigenvalue weighted by Crippen LogP contribution is -2.10. The number of hydrogen-bond acceptors (Lipinski definition) is 4. The molecule has 0 amide bonds. The number of aliphatic carboxylic acids is 1. The van der Waals surface area contributed by atoms with Gasteiger partial charge in [0, 0.05) is 11.1 Å². The van der Waals surface area contributed by atoms with Crippen LogP contribution in [0.2, 0.25) is 0 Å². The van der Waals surface area contributed by atoms with Crippen LogP contribution in [0.1, 0.15) is 12.5 Å². The van der Waals surface area contributed by atoms with Crippen molar-refractivity contribution in [1.29, 1.82) is 0 Å². The number of ether oxygens (including phenoxy) is 1. The fourth-order valence-electron chi connectivity index (χ4n) is 1.14. The summed E-state index contributed by atoms with van der Waals surface area (Å²) in [5, 5.41) is 18.2. The fraction of sp³-hybridized carbons (Fsp3) is 0.0769. The zero-order valence-electron chi connectivity index (χ0n) is 9.77. The van der Waals surface area contributed by atoms with E-state index >= 15 is 0 Å². The number of carboxylic acid groups (broad SMARTS) is 1. The first-order valence-electron chi connectivity index (χ1n) is 4.96. The summed E-state index contributed by atoms with van der Waals surface area (Å²) in [5.41, 5.74) is -0.0672. The SMILES string of the molecule is C=C(C)C(=O)Oc1ccc(O)cc1C(=C)C(=O)O. The van der Waals surface area contributed by atoms with E-state index in [9.17, 15) is 14.7 Å². The molecule has 0 spiro atoms. The molecule has 0 heterocycles. The Balaban J connectivity index is 3.19. The highest BCUT2D eigenvalue weighted by Crippen LogP contribution is 2.29. The monoisotopic (exact) mass is 248 g/mol. The first-order chi connectivity index (χ1) is 8.32. The predicted molar refractivity (Wildman–Crippen MR) is 65.2 cm³/mol. The first-order valence-corrected chi connectivity index (χ1v) is 4.96. The van der Waals surface area contributed by atoms with E-state index in [0.29, 0.717) is 0 Å². The Kier molecular flexibility index (Phi) is 3.89. The van der Waals surface area contributed by atoms with E-state index in [1.54, 1.807) is 0 Å². The number of carbonyl (C=O) groups is 2. The van der Waals surface area contributed by atoms with Crippen LogP contribution in [0, 0.1) is 0 Å². The van der Waals surface area contributed by atoms with Gasteiger partial charge in [0.1, 0.15) is 11.5 Å². The molecule has 5 heteroatoms. The molecule has 0 saturated carbocycles. The molecule has 0 atom stereocenters. The zero-order chi connectivity index (χ0) is 13.9. The third kappa shape index (κ3) is 2.98. The van der Waals surface area contributed by atoms with Gasteiger partial charge in [0.25, 0.3) is 0 Å². The van der Waals surface area contributed by atoms with Gasteiger partial charge in [-0.05, 0) is 25.1 Å². The molecule has 0 saturated heterocycles. The van der Waals surface area contributed by atoms with Crippen molar-refractivity contribution in [3.05, 3.63) is 42.5 Å². The van der Waals surface area contributed by atoms with Crippen molar-refractivity contribution in [2.24, 2.45) is 0 Å². The van der Waals surface area contributed by atoms with Crippen LogP contribution in [-0.2, 0) is 9.59 Å². The van der Waals surface area contributed by atoms with Crippen LogP contribution < -0.4 is 4.74 Å². The van der Waals surface area contributed by atoms with Crippen molar-refractivity contribution in [3.63, 3.8) is 0 Å². The molecule has 0 aliphatic carbocycles. The van der Waals surface area contributed by atoms with Crippen LogP contribution in [0.4, 0.5) is 0 Å². The van der Waals surface area contributed by atoms with E-state index in [1.807, 2.05) is 0 Å². The highest BCUT2D eigenvalue weighted by atomic mass is 16.5. The van der Waals surface area contributed by atoms with E-state index in [0.717, 1.165) is 6.07 Å². The summed E-state index contributed by atoms with van der Waals surface area (Å²) in [6.45, 7) is 8.24. The van der Waals surface area contributed by atoms with Crippen LogP contribution >= 0.6 is 0 Å². The molecule has 0 aliphatic rings. The average Bonchev–Trinajstić information content (AvgIpc) is 2.30. The second-order valence-electron chi connectivity index (χ2n) is 3.63. The lowest BCUT2D eigenvalue weighted by Gasteiger charge is -2.10. The van der Waals surface area contributed by atoms with E-state index in [1.165, 1.54) is 19.1 Å². The lowest BCUT2D eigenvalue weighted by atomic mass is 10.1. The molecule has 0 bridgehead atoms. The third-order valence-electron chi connectivity index (χ3n) is 2.10. The predicted octanol–water partition coefficient (Wildman–Crippen LogP) is 1.97. The van der Waals surface area contributed by atoms with E-state index in [4.69, 9.17) is 9.84 Å². The molecule has 2 N–H and O–H groups in total. The Morgan fingerprint density at radius 2 is 1.89 bits per heavy atom. The minimum atomic E-state index is -1.27. The Morgan fingerprint density at radius 3 is 2.39 bits per heavy atom. The second-order valence-corrected chi connectivity index (χ2v) is 3.63. The standard InChI is InChI=1S/C13H12O5/c1-7(2)13(17)18-11-5-4-9(14)6-10(11)8(3)12(15)16/h4-6,14H,1,3H2,2H3,(H,15,16). The molecule has 0 aliphatic heterocycles. The molecule has 0 fully saturated rings. The number of esters is 1. The highest BCUT2D eigenvalue weighted by molar-refractivity contribution is 6.15. The second kappa shape index (κ2) is 5.18. The molecule has 0 aromatic heterocycles. The molecule has 0 unspecified atom stereocenters. The van der Waals surface area contributed by atoms with Gasteiger partial charge in [-0.15, -0.1) is 0 Å². The van der Waals surface area contributed by atoms with Gasteiger partial charge in [0.05, 0.1) is 5.57 Å². The van der Waals surface area contributed by atoms with E-state index < -0.39 is 11.9 Å². The largest absolute Gasteiger partial charge is 0.508 e. The van der Waals surface area contributed by atoms with Crippen LogP contribution in [0.3, 0.4) is 0 Å². The van der Waals surface area contributed by atoms with Crippen LogP contribution in [0.25, 0.3) is 5.57 Å². The van der Waals surface area contributed by atoms with Gasteiger partial charge < -0.3 is 14.9 Å². The zero-order valence-corrected chi connectivity index (χ0v) is 9.77. The average molecular weight is 248 g/mol. The van der Waals surface area contributed by atoms with Gasteiger partial charge in [-0.1, -0.05) is 13.2 Å². The van der Waals surface area contributed by atoms with Gasteiger partial charge in [0.15, 0.2) is 0 Å². The van der Waals surface area contributed by atoms with Crippen LogP contribution in [0.5, 0.6) is 11.5 Å². The fourth-order valence-corrected chi connectivity index (χ4v) is 1.14. The Morgan fingerprint density at radius 1 is 1.28 bits per heavy atom. The minimum absolute atomic E-state index is 0.00759. The van der Waals surface area contributed by atoms with Crippen molar-refractivity contribution < 1.29 is 24.5 Å². The van der Waals surface area contributed by atoms with Crippen molar-refractivity contribution in [3.8, 4) is 11.5 Å². The summed E-state index contributed by atoms with van der Waals surface area (Å²) >= 11 is 0. The number of rotatable bonds is 4. The number of carboxylic acids is 1. The maximum absolute atomic E-state index is 11.4. The van der Waals surface area contributed by atoms with Crippen LogP contribution in [-0.4, -0.2) is 22.2 Å². The van der Waals surface area contributed by atoms with E-state index in [2.05, 4.69) is 13.2 Å². The van der Waals surface area contributed by atoms with Crippen molar-refractivity contribution in [1.82, 2.24) is 0 Å². The molecule has 94 valence electrons. The minimum Gasteiger partial charge on any atom is -0.508 e. The summed E-state index contributed by atoms with van der Waals surface area (Å²) < 4.78 is 4.96. The smallest absolute Gasteiger partial charge is 0.338 e. The number of aromatic hydroxyl groups is 1. The molecule has 0 radical (unpaired) electrons. The third-order valence-corrected chi connectivity index (χ3v) is 2.10. The Bertz CT molecular complexity index is 542. The summed E-state index contributed by atoms with van der Waals surface area (Å²) in [6, 6.07) is 3.73. The maximum Gasteiger partial charge on any atom is 0.338 e. The van der Waals surface area contributed by atoms with Gasteiger partial charge in [-0.2, -0.15) is 0 Å². The molecular formula is C13H12O5. The Labute approximate surface area is 104 Å². The number of phenolic OH excluding ortho intramolecular Hbond substituents is 1. The lowest BCUT2D eigenvalue weighted by molar-refractivity contribution is -0.131. The number of benzene rings is 1. The highest BCUT2D eigenvalue weighted by Gasteiger charge is 2.16. The molecular weight excluding hydrogens is 236 g/mol. The van der Waals surface area contributed by atoms with Crippen molar-refractivity contribution >= 4 is 17.5 Å². The van der Waals surface area contributed by atoms with Crippen molar-refractivity contribution in [2.75, 3.05) is 0 Å². The maximum atomic E-state index is 11.4. The summed E-state index contributed by atoms with van der Waals surface area (Å²) in [5.74, 6) is -2.09. The van der Waals surface area contributed by atoms with Crippen LogP contribution in [0.15, 0.2) is 36.9 Å². The molecule has 1 aromatic carbocycles. The summed E-state index contributed by atoms with van der Waals surface area (Å²) in [4.78, 5) is 22.2.